The Bertz CT molecular complexity index is 858. The molecule has 2 heterocycles. The van der Waals surface area contributed by atoms with Gasteiger partial charge in [0, 0.05) is 21.7 Å². The Balaban J connectivity index is 1.61. The molecule has 1 saturated heterocycles. The smallest absolute Gasteiger partial charge is 0.227 e. The molecule has 4 heteroatoms. The van der Waals surface area contributed by atoms with Gasteiger partial charge in [-0.3, -0.25) is 4.90 Å². The van der Waals surface area contributed by atoms with Gasteiger partial charge in [-0.05, 0) is 84.8 Å². The first-order chi connectivity index (χ1) is 11.7. The fourth-order valence-electron chi connectivity index (χ4n) is 3.44. The predicted octanol–water partition coefficient (Wildman–Crippen LogP) is 5.47. The van der Waals surface area contributed by atoms with Crippen molar-refractivity contribution in [2.45, 2.75) is 38.8 Å². The molecule has 124 valence electrons. The van der Waals surface area contributed by atoms with Gasteiger partial charge >= 0.3 is 0 Å². The van der Waals surface area contributed by atoms with Crippen LogP contribution in [0.3, 0.4) is 0 Å². The second kappa shape index (κ2) is 6.84. The second-order valence-electron chi connectivity index (χ2n) is 6.65. The number of nitrogens with zero attached hydrogens (tertiary/aromatic N) is 2. The number of piperidine rings is 1. The number of oxazole rings is 1. The van der Waals surface area contributed by atoms with Crippen LogP contribution in [-0.2, 0) is 6.54 Å². The van der Waals surface area contributed by atoms with Crippen LogP contribution in [0.25, 0.3) is 22.6 Å². The summed E-state index contributed by atoms with van der Waals surface area (Å²) >= 11 is 2.31. The van der Waals surface area contributed by atoms with Gasteiger partial charge in [-0.25, -0.2) is 4.98 Å². The highest BCUT2D eigenvalue weighted by Gasteiger charge is 2.18. The van der Waals surface area contributed by atoms with E-state index in [4.69, 9.17) is 9.40 Å². The van der Waals surface area contributed by atoms with Gasteiger partial charge in [0.25, 0.3) is 0 Å². The third-order valence-electron chi connectivity index (χ3n) is 4.85. The highest BCUT2D eigenvalue weighted by molar-refractivity contribution is 14.1. The lowest BCUT2D eigenvalue weighted by molar-refractivity contribution is 0.152. The fraction of sp³-hybridized carbons (Fsp3) is 0.350. The fourth-order valence-corrected chi connectivity index (χ4v) is 3.99. The normalized spacial score (nSPS) is 19.0. The summed E-state index contributed by atoms with van der Waals surface area (Å²) in [5.74, 6) is 0.701. The van der Waals surface area contributed by atoms with Crippen molar-refractivity contribution < 1.29 is 4.42 Å². The SMILES string of the molecule is CC1CCCCN1Cc1ccc2oc(-c3cccc(I)c3)nc2c1. The molecule has 24 heavy (non-hydrogen) atoms. The van der Waals surface area contributed by atoms with Gasteiger partial charge in [-0.1, -0.05) is 18.6 Å². The Hall–Kier alpha value is -1.40. The van der Waals surface area contributed by atoms with Crippen LogP contribution in [0.2, 0.25) is 0 Å². The summed E-state index contributed by atoms with van der Waals surface area (Å²) in [7, 11) is 0. The third-order valence-corrected chi connectivity index (χ3v) is 5.52. The van der Waals surface area contributed by atoms with Crippen LogP contribution in [0.4, 0.5) is 0 Å². The molecule has 1 unspecified atom stereocenters. The number of benzene rings is 2. The van der Waals surface area contributed by atoms with E-state index in [0.29, 0.717) is 11.9 Å². The minimum atomic E-state index is 0.675. The molecular formula is C20H21IN2O. The van der Waals surface area contributed by atoms with Crippen molar-refractivity contribution in [2.75, 3.05) is 6.54 Å². The molecule has 0 aliphatic carbocycles. The molecule has 0 amide bonds. The molecule has 4 rings (SSSR count). The van der Waals surface area contributed by atoms with Gasteiger partial charge in [0.2, 0.25) is 5.89 Å². The summed E-state index contributed by atoms with van der Waals surface area (Å²) in [6, 6.07) is 15.3. The van der Waals surface area contributed by atoms with Gasteiger partial charge in [0.1, 0.15) is 5.52 Å². The number of fused-ring (bicyclic) bond motifs is 1. The molecule has 0 saturated carbocycles. The van der Waals surface area contributed by atoms with E-state index < -0.39 is 0 Å². The van der Waals surface area contributed by atoms with Crippen LogP contribution in [0.5, 0.6) is 0 Å². The highest BCUT2D eigenvalue weighted by atomic mass is 127. The zero-order valence-electron chi connectivity index (χ0n) is 13.8. The second-order valence-corrected chi connectivity index (χ2v) is 7.89. The summed E-state index contributed by atoms with van der Waals surface area (Å²) in [4.78, 5) is 7.28. The number of rotatable bonds is 3. The minimum absolute atomic E-state index is 0.675. The molecule has 0 spiro atoms. The molecule has 3 aromatic rings. The quantitative estimate of drug-likeness (QED) is 0.514. The van der Waals surface area contributed by atoms with Crippen molar-refractivity contribution in [3.63, 3.8) is 0 Å². The maximum absolute atomic E-state index is 5.95. The number of likely N-dealkylation sites (tertiary alicyclic amines) is 1. The Labute approximate surface area is 156 Å². The average molecular weight is 432 g/mol. The highest BCUT2D eigenvalue weighted by Crippen LogP contribution is 2.27. The monoisotopic (exact) mass is 432 g/mol. The van der Waals surface area contributed by atoms with Crippen LogP contribution < -0.4 is 0 Å². The molecule has 3 nitrogen and oxygen atoms in total. The Kier molecular flexibility index (Phi) is 4.59. The Morgan fingerprint density at radius 3 is 2.96 bits per heavy atom. The number of halogens is 1. The lowest BCUT2D eigenvalue weighted by atomic mass is 10.0. The van der Waals surface area contributed by atoms with Gasteiger partial charge in [-0.2, -0.15) is 0 Å². The van der Waals surface area contributed by atoms with Gasteiger partial charge < -0.3 is 4.42 Å². The van der Waals surface area contributed by atoms with Crippen LogP contribution in [0.1, 0.15) is 31.7 Å². The van der Waals surface area contributed by atoms with E-state index in [1.807, 2.05) is 12.1 Å². The van der Waals surface area contributed by atoms with Crippen LogP contribution in [-0.4, -0.2) is 22.5 Å². The first-order valence-corrected chi connectivity index (χ1v) is 9.66. The predicted molar refractivity (Wildman–Crippen MR) is 106 cm³/mol. The van der Waals surface area contributed by atoms with Crippen molar-refractivity contribution >= 4 is 33.7 Å². The summed E-state index contributed by atoms with van der Waals surface area (Å²) < 4.78 is 7.13. The van der Waals surface area contributed by atoms with E-state index in [1.165, 1.54) is 34.9 Å². The van der Waals surface area contributed by atoms with Gasteiger partial charge in [0.15, 0.2) is 5.58 Å². The minimum Gasteiger partial charge on any atom is -0.436 e. The molecule has 2 aromatic carbocycles. The molecule has 1 aliphatic heterocycles. The Morgan fingerprint density at radius 2 is 2.12 bits per heavy atom. The average Bonchev–Trinajstić information content (AvgIpc) is 3.00. The maximum atomic E-state index is 5.95. The first-order valence-electron chi connectivity index (χ1n) is 8.58. The first kappa shape index (κ1) is 16.1. The topological polar surface area (TPSA) is 29.3 Å². The zero-order valence-corrected chi connectivity index (χ0v) is 16.0. The van der Waals surface area contributed by atoms with Crippen molar-refractivity contribution in [3.05, 3.63) is 51.6 Å². The standard InChI is InChI=1S/C20H21IN2O/c1-14-5-2-3-10-23(14)13-15-8-9-19-18(11-15)22-20(24-19)16-6-4-7-17(21)12-16/h4,6-9,11-12,14H,2-3,5,10,13H2,1H3. The van der Waals surface area contributed by atoms with E-state index >= 15 is 0 Å². The summed E-state index contributed by atoms with van der Waals surface area (Å²) in [6.45, 7) is 4.54. The maximum Gasteiger partial charge on any atom is 0.227 e. The van der Waals surface area contributed by atoms with E-state index in [1.54, 1.807) is 0 Å². The zero-order chi connectivity index (χ0) is 16.5. The largest absolute Gasteiger partial charge is 0.436 e. The number of hydrogen-bond donors (Lipinski definition) is 0. The van der Waals surface area contributed by atoms with E-state index in [-0.39, 0.29) is 0 Å². The van der Waals surface area contributed by atoms with Crippen molar-refractivity contribution in [1.82, 2.24) is 9.88 Å². The van der Waals surface area contributed by atoms with Gasteiger partial charge in [-0.15, -0.1) is 0 Å². The lowest BCUT2D eigenvalue weighted by Crippen LogP contribution is -2.36. The van der Waals surface area contributed by atoms with E-state index in [2.05, 4.69) is 64.7 Å². The molecular weight excluding hydrogens is 411 g/mol. The van der Waals surface area contributed by atoms with Crippen LogP contribution in [0.15, 0.2) is 46.9 Å². The number of aromatic nitrogens is 1. The molecule has 1 fully saturated rings. The molecule has 0 radical (unpaired) electrons. The molecule has 1 atom stereocenters. The van der Waals surface area contributed by atoms with Crippen LogP contribution >= 0.6 is 22.6 Å². The van der Waals surface area contributed by atoms with E-state index in [0.717, 1.165) is 23.2 Å². The Morgan fingerprint density at radius 1 is 1.21 bits per heavy atom. The number of hydrogen-bond acceptors (Lipinski definition) is 3. The van der Waals surface area contributed by atoms with Crippen LogP contribution in [0, 0.1) is 3.57 Å². The van der Waals surface area contributed by atoms with Crippen molar-refractivity contribution in [1.29, 1.82) is 0 Å². The van der Waals surface area contributed by atoms with E-state index in [9.17, 15) is 0 Å². The molecule has 0 N–H and O–H groups in total. The van der Waals surface area contributed by atoms with Gasteiger partial charge in [0.05, 0.1) is 0 Å². The lowest BCUT2D eigenvalue weighted by Gasteiger charge is -2.33. The van der Waals surface area contributed by atoms with Crippen molar-refractivity contribution in [3.8, 4) is 11.5 Å². The summed E-state index contributed by atoms with van der Waals surface area (Å²) in [6.07, 6.45) is 3.98. The van der Waals surface area contributed by atoms with Crippen molar-refractivity contribution in [2.24, 2.45) is 0 Å². The summed E-state index contributed by atoms with van der Waals surface area (Å²) in [5, 5.41) is 0. The molecule has 1 aliphatic rings. The summed E-state index contributed by atoms with van der Waals surface area (Å²) in [5.41, 5.74) is 4.16. The molecule has 1 aromatic heterocycles. The third kappa shape index (κ3) is 3.35. The molecule has 0 bridgehead atoms.